The third-order valence-corrected chi connectivity index (χ3v) is 4.47. The summed E-state index contributed by atoms with van der Waals surface area (Å²) < 4.78 is 0. The fourth-order valence-corrected chi connectivity index (χ4v) is 3.46. The zero-order chi connectivity index (χ0) is 11.4. The molecule has 3 heteroatoms. The minimum atomic E-state index is 0.670. The molecule has 1 aromatic rings. The third kappa shape index (κ3) is 2.83. The summed E-state index contributed by atoms with van der Waals surface area (Å²) in [5.41, 5.74) is 1.38. The van der Waals surface area contributed by atoms with Crippen molar-refractivity contribution in [2.75, 3.05) is 0 Å². The van der Waals surface area contributed by atoms with Crippen LogP contribution in [0.25, 0.3) is 0 Å². The molecule has 0 amide bonds. The van der Waals surface area contributed by atoms with Crippen LogP contribution in [-0.2, 0) is 19.4 Å². The minimum absolute atomic E-state index is 0.670. The van der Waals surface area contributed by atoms with Crippen LogP contribution in [0.3, 0.4) is 0 Å². The van der Waals surface area contributed by atoms with Crippen molar-refractivity contribution >= 4 is 11.3 Å². The summed E-state index contributed by atoms with van der Waals surface area (Å²) in [7, 11) is 0. The molecule has 2 rings (SSSR count). The van der Waals surface area contributed by atoms with Crippen LogP contribution in [0.5, 0.6) is 0 Å². The molecule has 1 heterocycles. The first-order chi connectivity index (χ1) is 7.83. The molecule has 16 heavy (non-hydrogen) atoms. The molecular formula is C13H22N2S. The number of fused-ring (bicyclic) bond motifs is 1. The number of nitrogens with one attached hydrogen (secondary N) is 1. The molecule has 1 aliphatic rings. The van der Waals surface area contributed by atoms with Crippen LogP contribution in [0.15, 0.2) is 0 Å². The van der Waals surface area contributed by atoms with Crippen LogP contribution in [0, 0.1) is 0 Å². The van der Waals surface area contributed by atoms with Gasteiger partial charge in [-0.3, -0.25) is 0 Å². The molecule has 1 unspecified atom stereocenters. The average Bonchev–Trinajstić information content (AvgIpc) is 2.84. The summed E-state index contributed by atoms with van der Waals surface area (Å²) in [5, 5.41) is 4.91. The van der Waals surface area contributed by atoms with Crippen molar-refractivity contribution in [2.24, 2.45) is 0 Å². The fraction of sp³-hybridized carbons (Fsp3) is 0.769. The van der Waals surface area contributed by atoms with E-state index in [2.05, 4.69) is 19.2 Å². The highest BCUT2D eigenvalue weighted by Crippen LogP contribution is 2.27. The van der Waals surface area contributed by atoms with Gasteiger partial charge in [-0.05, 0) is 32.1 Å². The predicted octanol–water partition coefficient (Wildman–Crippen LogP) is 3.30. The maximum absolute atomic E-state index is 4.71. The van der Waals surface area contributed by atoms with Crippen molar-refractivity contribution in [3.8, 4) is 0 Å². The van der Waals surface area contributed by atoms with E-state index in [0.29, 0.717) is 6.04 Å². The summed E-state index contributed by atoms with van der Waals surface area (Å²) >= 11 is 1.92. The van der Waals surface area contributed by atoms with Gasteiger partial charge in [0.1, 0.15) is 5.01 Å². The Bertz CT molecular complexity index is 311. The molecule has 0 aromatic carbocycles. The quantitative estimate of drug-likeness (QED) is 0.822. The first-order valence-corrected chi connectivity index (χ1v) is 7.36. The van der Waals surface area contributed by atoms with Gasteiger partial charge < -0.3 is 5.32 Å². The molecule has 0 spiro atoms. The molecule has 1 N–H and O–H groups in total. The van der Waals surface area contributed by atoms with Gasteiger partial charge in [0.05, 0.1) is 5.69 Å². The summed E-state index contributed by atoms with van der Waals surface area (Å²) in [6.07, 6.45) is 7.55. The van der Waals surface area contributed by atoms with Crippen molar-refractivity contribution in [1.82, 2.24) is 10.3 Å². The Morgan fingerprint density at radius 1 is 1.38 bits per heavy atom. The van der Waals surface area contributed by atoms with Gasteiger partial charge >= 0.3 is 0 Å². The number of thiazole rings is 1. The number of aryl methyl sites for hydroxylation is 2. The van der Waals surface area contributed by atoms with Crippen molar-refractivity contribution in [3.63, 3.8) is 0 Å². The van der Waals surface area contributed by atoms with Gasteiger partial charge in [0.2, 0.25) is 0 Å². The van der Waals surface area contributed by atoms with Crippen molar-refractivity contribution < 1.29 is 0 Å². The highest BCUT2D eigenvalue weighted by molar-refractivity contribution is 7.11. The number of aromatic nitrogens is 1. The molecule has 1 aliphatic carbocycles. The second-order valence-corrected chi connectivity index (χ2v) is 5.77. The van der Waals surface area contributed by atoms with E-state index in [1.807, 2.05) is 11.3 Å². The maximum atomic E-state index is 4.71. The van der Waals surface area contributed by atoms with Crippen LogP contribution in [0.4, 0.5) is 0 Å². The molecule has 0 saturated carbocycles. The van der Waals surface area contributed by atoms with Gasteiger partial charge in [-0.15, -0.1) is 11.3 Å². The second-order valence-electron chi connectivity index (χ2n) is 4.61. The van der Waals surface area contributed by atoms with Crippen LogP contribution < -0.4 is 5.32 Å². The first-order valence-electron chi connectivity index (χ1n) is 6.54. The summed E-state index contributed by atoms with van der Waals surface area (Å²) in [6, 6.07) is 0.670. The Hall–Kier alpha value is -0.410. The van der Waals surface area contributed by atoms with Crippen molar-refractivity contribution in [3.05, 3.63) is 15.6 Å². The van der Waals surface area contributed by atoms with E-state index in [0.717, 1.165) is 6.54 Å². The predicted molar refractivity (Wildman–Crippen MR) is 70.0 cm³/mol. The lowest BCUT2D eigenvalue weighted by Gasteiger charge is -2.14. The Labute approximate surface area is 102 Å². The first kappa shape index (κ1) is 12.1. The molecular weight excluding hydrogens is 216 g/mol. The summed E-state index contributed by atoms with van der Waals surface area (Å²) in [5.74, 6) is 0. The molecule has 0 saturated heterocycles. The lowest BCUT2D eigenvalue weighted by Crippen LogP contribution is -2.27. The van der Waals surface area contributed by atoms with E-state index in [9.17, 15) is 0 Å². The van der Waals surface area contributed by atoms with Crippen LogP contribution in [-0.4, -0.2) is 11.0 Å². The highest BCUT2D eigenvalue weighted by Gasteiger charge is 2.16. The zero-order valence-corrected chi connectivity index (χ0v) is 11.2. The molecule has 2 nitrogen and oxygen atoms in total. The van der Waals surface area contributed by atoms with Crippen LogP contribution >= 0.6 is 11.3 Å². The van der Waals surface area contributed by atoms with Gasteiger partial charge in [-0.1, -0.05) is 20.3 Å². The SMILES string of the molecule is CCCC(CC)NCc1nc2c(s1)CCC2. The summed E-state index contributed by atoms with van der Waals surface area (Å²) in [6.45, 7) is 5.48. The van der Waals surface area contributed by atoms with E-state index >= 15 is 0 Å². The standard InChI is InChI=1S/C13H22N2S/c1-3-6-10(4-2)14-9-13-15-11-7-5-8-12(11)16-13/h10,14H,3-9H2,1-2H3. The lowest BCUT2D eigenvalue weighted by atomic mass is 10.1. The smallest absolute Gasteiger partial charge is 0.107 e. The van der Waals surface area contributed by atoms with Crippen molar-refractivity contribution in [1.29, 1.82) is 0 Å². The molecule has 0 radical (unpaired) electrons. The van der Waals surface area contributed by atoms with Gasteiger partial charge in [0.15, 0.2) is 0 Å². The Morgan fingerprint density at radius 2 is 2.25 bits per heavy atom. The molecule has 0 bridgehead atoms. The van der Waals surface area contributed by atoms with Gasteiger partial charge in [-0.2, -0.15) is 0 Å². The van der Waals surface area contributed by atoms with E-state index in [-0.39, 0.29) is 0 Å². The van der Waals surface area contributed by atoms with E-state index < -0.39 is 0 Å². The lowest BCUT2D eigenvalue weighted by molar-refractivity contribution is 0.462. The van der Waals surface area contributed by atoms with Crippen molar-refractivity contribution in [2.45, 2.75) is 65.0 Å². The monoisotopic (exact) mass is 238 g/mol. The van der Waals surface area contributed by atoms with Gasteiger partial charge in [-0.25, -0.2) is 4.98 Å². The molecule has 0 aliphatic heterocycles. The minimum Gasteiger partial charge on any atom is -0.308 e. The van der Waals surface area contributed by atoms with Crippen LogP contribution in [0.2, 0.25) is 0 Å². The maximum Gasteiger partial charge on any atom is 0.107 e. The second kappa shape index (κ2) is 5.78. The molecule has 90 valence electrons. The number of rotatable bonds is 6. The largest absolute Gasteiger partial charge is 0.308 e. The molecule has 1 aromatic heterocycles. The molecule has 1 atom stereocenters. The Morgan fingerprint density at radius 3 is 2.94 bits per heavy atom. The third-order valence-electron chi connectivity index (χ3n) is 3.31. The topological polar surface area (TPSA) is 24.9 Å². The van der Waals surface area contributed by atoms with Gasteiger partial charge in [0, 0.05) is 17.5 Å². The van der Waals surface area contributed by atoms with E-state index in [1.165, 1.54) is 49.2 Å². The number of nitrogens with zero attached hydrogens (tertiary/aromatic N) is 1. The molecule has 0 fully saturated rings. The highest BCUT2D eigenvalue weighted by atomic mass is 32.1. The van der Waals surface area contributed by atoms with Crippen LogP contribution in [0.1, 0.15) is 55.1 Å². The van der Waals surface area contributed by atoms with E-state index in [1.54, 1.807) is 4.88 Å². The van der Waals surface area contributed by atoms with E-state index in [4.69, 9.17) is 4.98 Å². The Balaban J connectivity index is 1.84. The zero-order valence-electron chi connectivity index (χ0n) is 10.4. The summed E-state index contributed by atoms with van der Waals surface area (Å²) in [4.78, 5) is 6.26. The average molecular weight is 238 g/mol. The fourth-order valence-electron chi connectivity index (χ4n) is 2.35. The number of hydrogen-bond donors (Lipinski definition) is 1. The van der Waals surface area contributed by atoms with Gasteiger partial charge in [0.25, 0.3) is 0 Å². The Kier molecular flexibility index (Phi) is 4.36. The normalized spacial score (nSPS) is 16.4. The number of hydrogen-bond acceptors (Lipinski definition) is 3.